The molecule has 0 aliphatic rings. The van der Waals surface area contributed by atoms with Crippen molar-refractivity contribution in [1.29, 1.82) is 0 Å². The molecule has 34 heavy (non-hydrogen) atoms. The zero-order valence-corrected chi connectivity index (χ0v) is 18.0. The van der Waals surface area contributed by atoms with E-state index < -0.39 is 30.4 Å². The van der Waals surface area contributed by atoms with Crippen LogP contribution in [0, 0.1) is 0 Å². The number of unbranched alkanes of at least 4 members (excludes halogenated alkanes) is 1. The van der Waals surface area contributed by atoms with E-state index in [-0.39, 0.29) is 41.8 Å². The summed E-state index contributed by atoms with van der Waals surface area (Å²) in [5, 5.41) is 5.01. The molecule has 0 aliphatic carbocycles. The predicted molar refractivity (Wildman–Crippen MR) is 116 cm³/mol. The number of carbonyl (C=O) groups excluding carboxylic acids is 5. The molecule has 0 heterocycles. The molecule has 0 aliphatic heterocycles. The minimum atomic E-state index is -3.04. The number of halogens is 2. The van der Waals surface area contributed by atoms with Gasteiger partial charge in [-0.05, 0) is 42.7 Å². The van der Waals surface area contributed by atoms with Gasteiger partial charge in [0.2, 0.25) is 5.91 Å². The van der Waals surface area contributed by atoms with Gasteiger partial charge in [0.25, 0.3) is 11.8 Å². The van der Waals surface area contributed by atoms with E-state index >= 15 is 0 Å². The summed E-state index contributed by atoms with van der Waals surface area (Å²) < 4.78 is 29.0. The Kier molecular flexibility index (Phi) is 9.81. The molecule has 2 aromatic carbocycles. The molecule has 0 bridgehead atoms. The number of carbonyl (C=O) groups is 5. The Bertz CT molecular complexity index is 1060. The standard InChI is InChI=1S/C23H23F2N3O6/c24-23(25)34-16-7-3-5-14(11-16)21(32)27-12-15-6-4-8-17(18(15)13-30)22(33)28-19(20(26)31)9-1-2-10-29/h3-8,10-11,13,19,23H,1-2,9,12H2,(H2,26,31)(H,27,32)(H,28,33). The smallest absolute Gasteiger partial charge is 0.387 e. The van der Waals surface area contributed by atoms with Gasteiger partial charge < -0.3 is 25.9 Å². The molecule has 1 unspecified atom stereocenters. The average Bonchev–Trinajstić information content (AvgIpc) is 2.81. The van der Waals surface area contributed by atoms with Gasteiger partial charge in [0, 0.05) is 24.1 Å². The molecule has 0 fully saturated rings. The first kappa shape index (κ1) is 26.1. The fourth-order valence-electron chi connectivity index (χ4n) is 3.12. The first-order valence-corrected chi connectivity index (χ1v) is 10.2. The Hall–Kier alpha value is -4.15. The lowest BCUT2D eigenvalue weighted by Crippen LogP contribution is -2.44. The van der Waals surface area contributed by atoms with Crippen molar-refractivity contribution in [3.63, 3.8) is 0 Å². The van der Waals surface area contributed by atoms with Crippen molar-refractivity contribution in [3.05, 3.63) is 64.7 Å². The van der Waals surface area contributed by atoms with Gasteiger partial charge in [0.05, 0.1) is 5.56 Å². The van der Waals surface area contributed by atoms with E-state index in [2.05, 4.69) is 15.4 Å². The summed E-state index contributed by atoms with van der Waals surface area (Å²) >= 11 is 0. The van der Waals surface area contributed by atoms with Crippen LogP contribution in [0.3, 0.4) is 0 Å². The van der Waals surface area contributed by atoms with Crippen LogP contribution in [0.15, 0.2) is 42.5 Å². The van der Waals surface area contributed by atoms with Crippen molar-refractivity contribution >= 4 is 30.3 Å². The van der Waals surface area contributed by atoms with Gasteiger partial charge in [-0.3, -0.25) is 19.2 Å². The van der Waals surface area contributed by atoms with Crippen LogP contribution in [0.5, 0.6) is 5.75 Å². The van der Waals surface area contributed by atoms with Crippen LogP contribution in [-0.2, 0) is 16.1 Å². The lowest BCUT2D eigenvalue weighted by Gasteiger charge is -2.17. The van der Waals surface area contributed by atoms with E-state index in [0.29, 0.717) is 24.6 Å². The van der Waals surface area contributed by atoms with Crippen molar-refractivity contribution in [1.82, 2.24) is 10.6 Å². The number of primary amides is 1. The SMILES string of the molecule is NC(=O)C(CCCC=O)NC(=O)c1cccc(CNC(=O)c2cccc(OC(F)F)c2)c1C=O. The molecular weight excluding hydrogens is 452 g/mol. The van der Waals surface area contributed by atoms with Crippen LogP contribution in [0.2, 0.25) is 0 Å². The maximum absolute atomic E-state index is 12.7. The number of rotatable bonds is 13. The lowest BCUT2D eigenvalue weighted by atomic mass is 10.00. The Morgan fingerprint density at radius 1 is 1.06 bits per heavy atom. The number of alkyl halides is 2. The molecular formula is C23H23F2N3O6. The second-order valence-corrected chi connectivity index (χ2v) is 7.11. The molecule has 0 radical (unpaired) electrons. The average molecular weight is 475 g/mol. The summed E-state index contributed by atoms with van der Waals surface area (Å²) in [5.41, 5.74) is 5.64. The summed E-state index contributed by atoms with van der Waals surface area (Å²) in [6, 6.07) is 8.54. The number of nitrogens with two attached hydrogens (primary N) is 1. The zero-order chi connectivity index (χ0) is 25.1. The van der Waals surface area contributed by atoms with Crippen molar-refractivity contribution < 1.29 is 37.5 Å². The van der Waals surface area contributed by atoms with Crippen molar-refractivity contribution in [2.24, 2.45) is 5.73 Å². The van der Waals surface area contributed by atoms with Gasteiger partial charge in [-0.25, -0.2) is 0 Å². The quantitative estimate of drug-likeness (QED) is 0.298. The highest BCUT2D eigenvalue weighted by Gasteiger charge is 2.21. The summed E-state index contributed by atoms with van der Waals surface area (Å²) in [4.78, 5) is 59.0. The molecule has 9 nitrogen and oxygen atoms in total. The molecule has 0 saturated carbocycles. The maximum Gasteiger partial charge on any atom is 0.387 e. The van der Waals surface area contributed by atoms with E-state index in [1.807, 2.05) is 0 Å². The lowest BCUT2D eigenvalue weighted by molar-refractivity contribution is -0.120. The molecule has 0 saturated heterocycles. The monoisotopic (exact) mass is 475 g/mol. The summed E-state index contributed by atoms with van der Waals surface area (Å²) in [6.07, 6.45) is 1.82. The van der Waals surface area contributed by atoms with Crippen LogP contribution in [0.4, 0.5) is 8.78 Å². The number of benzene rings is 2. The minimum absolute atomic E-state index is 0.00815. The first-order valence-electron chi connectivity index (χ1n) is 10.2. The van der Waals surface area contributed by atoms with E-state index in [4.69, 9.17) is 5.73 Å². The largest absolute Gasteiger partial charge is 0.435 e. The van der Waals surface area contributed by atoms with E-state index in [0.717, 1.165) is 6.07 Å². The Balaban J connectivity index is 2.14. The number of hydrogen-bond acceptors (Lipinski definition) is 6. The summed E-state index contributed by atoms with van der Waals surface area (Å²) in [6.45, 7) is -3.19. The third-order valence-corrected chi connectivity index (χ3v) is 4.78. The highest BCUT2D eigenvalue weighted by atomic mass is 19.3. The van der Waals surface area contributed by atoms with Crippen LogP contribution in [0.25, 0.3) is 0 Å². The molecule has 4 N–H and O–H groups in total. The number of aldehydes is 2. The van der Waals surface area contributed by atoms with E-state index in [1.165, 1.54) is 36.4 Å². The molecule has 180 valence electrons. The minimum Gasteiger partial charge on any atom is -0.435 e. The zero-order valence-electron chi connectivity index (χ0n) is 18.0. The van der Waals surface area contributed by atoms with Crippen LogP contribution in [-0.4, -0.2) is 42.9 Å². The van der Waals surface area contributed by atoms with Crippen LogP contribution >= 0.6 is 0 Å². The van der Waals surface area contributed by atoms with Gasteiger partial charge in [-0.15, -0.1) is 0 Å². The molecule has 11 heteroatoms. The highest BCUT2D eigenvalue weighted by Crippen LogP contribution is 2.17. The van der Waals surface area contributed by atoms with Gasteiger partial charge in [0.1, 0.15) is 18.1 Å². The van der Waals surface area contributed by atoms with Gasteiger partial charge >= 0.3 is 6.61 Å². The van der Waals surface area contributed by atoms with E-state index in [1.54, 1.807) is 0 Å². The van der Waals surface area contributed by atoms with Crippen molar-refractivity contribution in [2.75, 3.05) is 0 Å². The van der Waals surface area contributed by atoms with Gasteiger partial charge in [-0.2, -0.15) is 8.78 Å². The molecule has 0 spiro atoms. The Morgan fingerprint density at radius 3 is 2.44 bits per heavy atom. The summed E-state index contributed by atoms with van der Waals surface area (Å²) in [5.74, 6) is -2.31. The topological polar surface area (TPSA) is 145 Å². The molecule has 0 aromatic heterocycles. The molecule has 2 aromatic rings. The number of amides is 3. The molecule has 2 rings (SSSR count). The number of hydrogen-bond donors (Lipinski definition) is 3. The number of ether oxygens (including phenoxy) is 1. The van der Waals surface area contributed by atoms with Crippen LogP contribution < -0.4 is 21.1 Å². The Labute approximate surface area is 193 Å². The fraction of sp³-hybridized carbons (Fsp3) is 0.261. The van der Waals surface area contributed by atoms with Crippen molar-refractivity contribution in [2.45, 2.75) is 38.5 Å². The van der Waals surface area contributed by atoms with Gasteiger partial charge in [0.15, 0.2) is 6.29 Å². The second-order valence-electron chi connectivity index (χ2n) is 7.11. The van der Waals surface area contributed by atoms with Crippen molar-refractivity contribution in [3.8, 4) is 5.75 Å². The summed E-state index contributed by atoms with van der Waals surface area (Å²) in [7, 11) is 0. The van der Waals surface area contributed by atoms with E-state index in [9.17, 15) is 32.8 Å². The third kappa shape index (κ3) is 7.47. The van der Waals surface area contributed by atoms with Gasteiger partial charge in [-0.1, -0.05) is 18.2 Å². The number of nitrogens with one attached hydrogen (secondary N) is 2. The first-order chi connectivity index (χ1) is 16.3. The maximum atomic E-state index is 12.7. The normalized spacial score (nSPS) is 11.4. The fourth-order valence-corrected chi connectivity index (χ4v) is 3.12. The molecule has 3 amide bonds. The Morgan fingerprint density at radius 2 is 1.79 bits per heavy atom. The third-order valence-electron chi connectivity index (χ3n) is 4.78. The predicted octanol–water partition coefficient (Wildman–Crippen LogP) is 1.98. The van der Waals surface area contributed by atoms with Crippen LogP contribution in [0.1, 0.15) is 55.9 Å². The second kappa shape index (κ2) is 12.8. The highest BCUT2D eigenvalue weighted by molar-refractivity contribution is 6.04. The molecule has 1 atom stereocenters.